The lowest BCUT2D eigenvalue weighted by Crippen LogP contribution is -2.20. The molecule has 29 heavy (non-hydrogen) atoms. The molecule has 154 valence electrons. The fourth-order valence-electron chi connectivity index (χ4n) is 2.44. The van der Waals surface area contributed by atoms with Gasteiger partial charge in [0.25, 0.3) is 6.43 Å². The first-order chi connectivity index (χ1) is 13.5. The quantitative estimate of drug-likeness (QED) is 0.330. The molecule has 0 bridgehead atoms. The third-order valence-corrected chi connectivity index (χ3v) is 3.89. The van der Waals surface area contributed by atoms with Crippen molar-refractivity contribution in [2.75, 3.05) is 6.26 Å². The molecule has 0 spiro atoms. The van der Waals surface area contributed by atoms with Crippen molar-refractivity contribution in [3.8, 4) is 11.1 Å². The summed E-state index contributed by atoms with van der Waals surface area (Å²) in [7, 11) is -3.94. The van der Waals surface area contributed by atoms with E-state index in [0.29, 0.717) is 16.5 Å². The van der Waals surface area contributed by atoms with Crippen LogP contribution >= 0.6 is 0 Å². The summed E-state index contributed by atoms with van der Waals surface area (Å²) in [5.41, 5.74) is 10.4. The Morgan fingerprint density at radius 1 is 1.14 bits per heavy atom. The smallest absolute Gasteiger partial charge is 0.353 e. The molecule has 0 fully saturated rings. The van der Waals surface area contributed by atoms with E-state index >= 15 is 0 Å². The summed E-state index contributed by atoms with van der Waals surface area (Å²) in [5.74, 6) is -1.80. The largest absolute Gasteiger partial charge is 0.455 e. The number of guanidine groups is 1. The first-order valence-corrected chi connectivity index (χ1v) is 9.74. The van der Waals surface area contributed by atoms with Gasteiger partial charge >= 0.3 is 16.1 Å². The molecule has 0 radical (unpaired) electrons. The molecule has 0 amide bonds. The van der Waals surface area contributed by atoms with Gasteiger partial charge in [-0.25, -0.2) is 13.6 Å². The van der Waals surface area contributed by atoms with Crippen molar-refractivity contribution in [2.45, 2.75) is 6.43 Å². The van der Waals surface area contributed by atoms with Crippen molar-refractivity contribution in [3.05, 3.63) is 59.9 Å². The maximum absolute atomic E-state index is 12.9. The number of fused-ring (bicyclic) bond motifs is 1. The average molecular weight is 425 g/mol. The topological polar surface area (TPSA) is 149 Å². The Balaban J connectivity index is 0.000000687. The van der Waals surface area contributed by atoms with E-state index < -0.39 is 28.3 Å². The second-order valence-electron chi connectivity index (χ2n) is 5.78. The normalized spacial score (nSPS) is 11.0. The lowest BCUT2D eigenvalue weighted by molar-refractivity contribution is 0.0748. The van der Waals surface area contributed by atoms with E-state index in [1.54, 1.807) is 30.3 Å². The Bertz CT molecular complexity index is 1160. The van der Waals surface area contributed by atoms with Gasteiger partial charge < -0.3 is 20.1 Å². The zero-order chi connectivity index (χ0) is 21.8. The summed E-state index contributed by atoms with van der Waals surface area (Å²) in [5, 5.41) is 6.52. The van der Waals surface area contributed by atoms with E-state index in [0.717, 1.165) is 6.26 Å². The van der Waals surface area contributed by atoms with Gasteiger partial charge in [-0.05, 0) is 35.4 Å². The molecule has 0 unspecified atom stereocenters. The van der Waals surface area contributed by atoms with Crippen LogP contribution in [0.3, 0.4) is 0 Å². The SMILES string of the molecule is CS(=O)(=O)OC(=O)c1cccc(-c2cccc3oc(C(F)F)cc23)c1.N=C(N)N. The van der Waals surface area contributed by atoms with Gasteiger partial charge in [-0.3, -0.25) is 5.41 Å². The van der Waals surface area contributed by atoms with Crippen LogP contribution < -0.4 is 11.5 Å². The number of carbonyl (C=O) groups excluding carboxylic acids is 1. The van der Waals surface area contributed by atoms with Crippen LogP contribution in [0.15, 0.2) is 52.9 Å². The standard InChI is InChI=1S/C17H12F2O5S.CH5N3/c1-25(21,22)24-17(20)11-5-2-4-10(8-11)12-6-3-7-14-13(12)9-15(23-14)16(18)19;2-1(3)4/h2-9,16H,1H3;(H5,2,3,4). The van der Waals surface area contributed by atoms with Crippen molar-refractivity contribution in [2.24, 2.45) is 11.5 Å². The molecule has 11 heteroatoms. The third-order valence-electron chi connectivity index (χ3n) is 3.43. The maximum atomic E-state index is 12.9. The van der Waals surface area contributed by atoms with Gasteiger partial charge in [0.05, 0.1) is 11.8 Å². The van der Waals surface area contributed by atoms with Crippen molar-refractivity contribution >= 4 is 33.0 Å². The number of alkyl halides is 2. The van der Waals surface area contributed by atoms with Gasteiger partial charge in [0.2, 0.25) is 0 Å². The number of carbonyl (C=O) groups is 1. The van der Waals surface area contributed by atoms with Crippen LogP contribution in [0.25, 0.3) is 22.1 Å². The minimum Gasteiger partial charge on any atom is -0.455 e. The maximum Gasteiger partial charge on any atom is 0.353 e. The van der Waals surface area contributed by atoms with Crippen molar-refractivity contribution < 1.29 is 30.6 Å². The number of hydrogen-bond acceptors (Lipinski definition) is 6. The fraction of sp³-hybridized carbons (Fsp3) is 0.111. The highest BCUT2D eigenvalue weighted by Crippen LogP contribution is 2.34. The highest BCUT2D eigenvalue weighted by atomic mass is 32.2. The highest BCUT2D eigenvalue weighted by Gasteiger charge is 2.18. The zero-order valence-electron chi connectivity index (χ0n) is 15.1. The van der Waals surface area contributed by atoms with Crippen LogP contribution in [0, 0.1) is 5.41 Å². The van der Waals surface area contributed by atoms with E-state index in [4.69, 9.17) is 9.83 Å². The molecule has 0 saturated heterocycles. The second-order valence-corrected chi connectivity index (χ2v) is 7.35. The zero-order valence-corrected chi connectivity index (χ0v) is 15.9. The third kappa shape index (κ3) is 6.01. The Morgan fingerprint density at radius 3 is 2.34 bits per heavy atom. The summed E-state index contributed by atoms with van der Waals surface area (Å²) >= 11 is 0. The Morgan fingerprint density at radius 2 is 1.76 bits per heavy atom. The predicted molar refractivity (Wildman–Crippen MR) is 103 cm³/mol. The van der Waals surface area contributed by atoms with Crippen LogP contribution in [0.1, 0.15) is 22.5 Å². The minimum atomic E-state index is -3.94. The predicted octanol–water partition coefficient (Wildman–Crippen LogP) is 2.99. The molecule has 5 N–H and O–H groups in total. The number of benzene rings is 2. The van der Waals surface area contributed by atoms with Gasteiger partial charge in [-0.2, -0.15) is 8.42 Å². The summed E-state index contributed by atoms with van der Waals surface area (Å²) in [6.45, 7) is 0. The number of nitrogens with one attached hydrogen (secondary N) is 1. The van der Waals surface area contributed by atoms with Crippen molar-refractivity contribution in [1.82, 2.24) is 0 Å². The second kappa shape index (κ2) is 8.69. The number of hydrogen-bond donors (Lipinski definition) is 3. The van der Waals surface area contributed by atoms with Crippen LogP contribution in [-0.2, 0) is 14.3 Å². The van der Waals surface area contributed by atoms with Crippen LogP contribution in [0.4, 0.5) is 8.78 Å². The molecule has 0 saturated carbocycles. The molecule has 0 aliphatic carbocycles. The van der Waals surface area contributed by atoms with Crippen LogP contribution in [-0.4, -0.2) is 26.6 Å². The lowest BCUT2D eigenvalue weighted by Gasteiger charge is -2.06. The van der Waals surface area contributed by atoms with E-state index in [2.05, 4.69) is 15.7 Å². The molecule has 8 nitrogen and oxygen atoms in total. The van der Waals surface area contributed by atoms with Gasteiger partial charge in [0, 0.05) is 5.39 Å². The molecular weight excluding hydrogens is 408 g/mol. The van der Waals surface area contributed by atoms with E-state index in [1.165, 1.54) is 18.2 Å². The van der Waals surface area contributed by atoms with Gasteiger partial charge in [-0.15, -0.1) is 0 Å². The van der Waals surface area contributed by atoms with E-state index in [1.807, 2.05) is 0 Å². The molecule has 3 rings (SSSR count). The number of halogens is 2. The minimum absolute atomic E-state index is 0.0255. The van der Waals surface area contributed by atoms with Gasteiger partial charge in [0.15, 0.2) is 11.7 Å². The number of furan rings is 1. The fourth-order valence-corrected chi connectivity index (χ4v) is 2.81. The molecule has 1 heterocycles. The van der Waals surface area contributed by atoms with E-state index in [9.17, 15) is 22.0 Å². The Labute approximate surface area is 164 Å². The average Bonchev–Trinajstić information content (AvgIpc) is 3.04. The first-order valence-electron chi connectivity index (χ1n) is 7.92. The Hall–Kier alpha value is -3.47. The van der Waals surface area contributed by atoms with Crippen molar-refractivity contribution in [1.29, 1.82) is 5.41 Å². The number of rotatable bonds is 4. The van der Waals surface area contributed by atoms with Crippen LogP contribution in [0.2, 0.25) is 0 Å². The number of nitrogens with two attached hydrogens (primary N) is 2. The molecular formula is C18H17F2N3O5S. The summed E-state index contributed by atoms with van der Waals surface area (Å²) in [6, 6.07) is 12.2. The highest BCUT2D eigenvalue weighted by molar-refractivity contribution is 7.86. The summed E-state index contributed by atoms with van der Waals surface area (Å²) in [4.78, 5) is 11.9. The lowest BCUT2D eigenvalue weighted by atomic mass is 10.00. The van der Waals surface area contributed by atoms with E-state index in [-0.39, 0.29) is 17.1 Å². The monoisotopic (exact) mass is 425 g/mol. The molecule has 3 aromatic rings. The summed E-state index contributed by atoms with van der Waals surface area (Å²) < 4.78 is 57.3. The van der Waals surface area contributed by atoms with Crippen LogP contribution in [0.5, 0.6) is 0 Å². The van der Waals surface area contributed by atoms with Crippen molar-refractivity contribution in [3.63, 3.8) is 0 Å². The first kappa shape index (κ1) is 21.8. The van der Waals surface area contributed by atoms with Gasteiger partial charge in [-0.1, -0.05) is 24.3 Å². The molecule has 0 atom stereocenters. The summed E-state index contributed by atoms with van der Waals surface area (Å²) in [6.07, 6.45) is -1.97. The molecule has 2 aromatic carbocycles. The Kier molecular flexibility index (Phi) is 6.54. The molecule has 0 aliphatic rings. The molecule has 0 aliphatic heterocycles. The van der Waals surface area contributed by atoms with Gasteiger partial charge in [0.1, 0.15) is 5.58 Å². The molecule has 1 aromatic heterocycles.